The van der Waals surface area contributed by atoms with Gasteiger partial charge in [-0.05, 0) is 37.3 Å². The van der Waals surface area contributed by atoms with Crippen molar-refractivity contribution in [2.75, 3.05) is 38.6 Å². The van der Waals surface area contributed by atoms with Gasteiger partial charge in [0.2, 0.25) is 5.82 Å². The lowest BCUT2D eigenvalue weighted by molar-refractivity contribution is -0.385. The van der Waals surface area contributed by atoms with Crippen molar-refractivity contribution in [3.63, 3.8) is 0 Å². The van der Waals surface area contributed by atoms with Gasteiger partial charge in [-0.15, -0.1) is 0 Å². The minimum Gasteiger partial charge on any atom is -0.465 e. The van der Waals surface area contributed by atoms with Crippen LogP contribution in [0.2, 0.25) is 0 Å². The van der Waals surface area contributed by atoms with Gasteiger partial charge in [0.1, 0.15) is 23.9 Å². The van der Waals surface area contributed by atoms with E-state index in [1.165, 1.54) is 18.2 Å². The Kier molecular flexibility index (Phi) is 8.53. The molecule has 0 aliphatic carbocycles. The van der Waals surface area contributed by atoms with Gasteiger partial charge >= 0.3 is 23.5 Å². The third-order valence-electron chi connectivity index (χ3n) is 5.66. The molecule has 3 aromatic rings. The molecule has 1 amide bonds. The number of nitrogens with one attached hydrogen (secondary N) is 1. The van der Waals surface area contributed by atoms with Crippen LogP contribution in [0.4, 0.5) is 11.5 Å². The number of esters is 1. The molecule has 4 rings (SSSR count). The zero-order valence-corrected chi connectivity index (χ0v) is 22.0. The zero-order valence-electron chi connectivity index (χ0n) is 22.0. The monoisotopic (exact) mass is 560 g/mol. The molecular formula is C26H24N8O7. The summed E-state index contributed by atoms with van der Waals surface area (Å²) in [5.74, 6) is -1.88. The molecule has 0 bridgehead atoms. The van der Waals surface area contributed by atoms with E-state index >= 15 is 0 Å². The maximum absolute atomic E-state index is 12.1. The van der Waals surface area contributed by atoms with Crippen molar-refractivity contribution in [2.24, 2.45) is 10.7 Å². The molecule has 0 spiro atoms. The first-order valence-electron chi connectivity index (χ1n) is 12.2. The van der Waals surface area contributed by atoms with E-state index in [2.05, 4.69) is 20.3 Å². The quantitative estimate of drug-likeness (QED) is 0.197. The molecule has 0 atom stereocenters. The van der Waals surface area contributed by atoms with E-state index in [9.17, 15) is 25.0 Å². The van der Waals surface area contributed by atoms with Crippen LogP contribution in [0.15, 0.2) is 47.5 Å². The minimum atomic E-state index is -0.907. The Bertz CT molecular complexity index is 1580. The van der Waals surface area contributed by atoms with Crippen molar-refractivity contribution in [3.8, 4) is 29.5 Å². The number of ether oxygens (including phenoxy) is 3. The summed E-state index contributed by atoms with van der Waals surface area (Å²) in [4.78, 5) is 49.9. The second kappa shape index (κ2) is 12.4. The van der Waals surface area contributed by atoms with E-state index < -0.39 is 40.7 Å². The average molecular weight is 561 g/mol. The lowest BCUT2D eigenvalue weighted by Crippen LogP contribution is -2.23. The SMILES string of the molecule is CCOC(=O)CNc1nc(Oc2cccc(C3=NCCN3C)c2)nc(Oc2cc(C#N)ccc2C(N)=O)c1[N+](=O)[O-]. The number of aliphatic imine (C=N–C) groups is 1. The van der Waals surface area contributed by atoms with Crippen LogP contribution in [0.25, 0.3) is 0 Å². The summed E-state index contributed by atoms with van der Waals surface area (Å²) in [6, 6.07) is 12.2. The van der Waals surface area contributed by atoms with E-state index in [0.717, 1.165) is 17.9 Å². The Balaban J connectivity index is 1.79. The van der Waals surface area contributed by atoms with Gasteiger partial charge in [0.05, 0.1) is 35.3 Å². The molecule has 3 N–H and O–H groups in total. The smallest absolute Gasteiger partial charge is 0.373 e. The first-order valence-corrected chi connectivity index (χ1v) is 12.2. The highest BCUT2D eigenvalue weighted by Gasteiger charge is 2.29. The molecule has 0 fully saturated rings. The molecule has 1 aromatic heterocycles. The zero-order chi connectivity index (χ0) is 29.5. The largest absolute Gasteiger partial charge is 0.465 e. The second-order valence-corrected chi connectivity index (χ2v) is 8.47. The van der Waals surface area contributed by atoms with Gasteiger partial charge in [0.25, 0.3) is 5.91 Å². The van der Waals surface area contributed by atoms with E-state index in [4.69, 9.17) is 19.9 Å². The number of rotatable bonds is 11. The van der Waals surface area contributed by atoms with Crippen LogP contribution in [-0.4, -0.2) is 70.8 Å². The molecule has 2 heterocycles. The number of carbonyl (C=O) groups is 2. The number of anilines is 1. The lowest BCUT2D eigenvalue weighted by atomic mass is 10.1. The van der Waals surface area contributed by atoms with Crippen LogP contribution >= 0.6 is 0 Å². The lowest BCUT2D eigenvalue weighted by Gasteiger charge is -2.15. The normalized spacial score (nSPS) is 12.2. The van der Waals surface area contributed by atoms with Crippen molar-refractivity contribution < 1.29 is 28.7 Å². The van der Waals surface area contributed by atoms with Crippen LogP contribution in [-0.2, 0) is 9.53 Å². The molecule has 0 unspecified atom stereocenters. The summed E-state index contributed by atoms with van der Waals surface area (Å²) >= 11 is 0. The number of nitrogens with two attached hydrogens (primary N) is 1. The summed E-state index contributed by atoms with van der Waals surface area (Å²) in [5.41, 5.74) is 5.37. The van der Waals surface area contributed by atoms with Crippen molar-refractivity contribution >= 4 is 29.2 Å². The first kappa shape index (κ1) is 28.2. The first-order chi connectivity index (χ1) is 19.7. The predicted octanol–water partition coefficient (Wildman–Crippen LogP) is 2.61. The third-order valence-corrected chi connectivity index (χ3v) is 5.66. The molecule has 41 heavy (non-hydrogen) atoms. The number of primary amides is 1. The van der Waals surface area contributed by atoms with Gasteiger partial charge in [0, 0.05) is 19.2 Å². The van der Waals surface area contributed by atoms with Gasteiger partial charge in [-0.1, -0.05) is 12.1 Å². The Morgan fingerprint density at radius 2 is 2.02 bits per heavy atom. The summed E-state index contributed by atoms with van der Waals surface area (Å²) < 4.78 is 16.4. The van der Waals surface area contributed by atoms with E-state index in [0.29, 0.717) is 6.54 Å². The van der Waals surface area contributed by atoms with Gasteiger partial charge < -0.3 is 30.2 Å². The van der Waals surface area contributed by atoms with E-state index in [-0.39, 0.29) is 35.2 Å². The van der Waals surface area contributed by atoms with Crippen molar-refractivity contribution in [3.05, 3.63) is 69.3 Å². The predicted molar refractivity (Wildman–Crippen MR) is 144 cm³/mol. The number of nitriles is 1. The highest BCUT2D eigenvalue weighted by molar-refractivity contribution is 6.00. The highest BCUT2D eigenvalue weighted by atomic mass is 16.6. The maximum atomic E-state index is 12.1. The molecule has 210 valence electrons. The van der Waals surface area contributed by atoms with Crippen LogP contribution in [0.5, 0.6) is 23.4 Å². The number of carbonyl (C=O) groups excluding carboxylic acids is 2. The average Bonchev–Trinajstić information content (AvgIpc) is 3.37. The van der Waals surface area contributed by atoms with Crippen LogP contribution in [0.1, 0.15) is 28.4 Å². The second-order valence-electron chi connectivity index (χ2n) is 8.47. The topological polar surface area (TPSA) is 208 Å². The van der Waals surface area contributed by atoms with E-state index in [1.807, 2.05) is 24.1 Å². The van der Waals surface area contributed by atoms with Gasteiger partial charge in [-0.3, -0.25) is 24.7 Å². The minimum absolute atomic E-state index is 0.0930. The number of hydrogen-bond acceptors (Lipinski definition) is 13. The number of hydrogen-bond donors (Lipinski definition) is 2. The standard InChI is InChI=1S/C26H24N8O7/c1-3-39-20(35)14-30-23-21(34(37)38)25(41-19-11-15(13-27)7-8-18(19)22(28)36)32-26(31-23)40-17-6-4-5-16(12-17)24-29-9-10-33(24)2/h4-8,11-12H,3,9-10,14H2,1-2H3,(H2,28,36)(H,30,31,32). The Labute approximate surface area is 233 Å². The number of aromatic nitrogens is 2. The number of amidine groups is 1. The maximum Gasteiger partial charge on any atom is 0.373 e. The van der Waals surface area contributed by atoms with Crippen LogP contribution in [0.3, 0.4) is 0 Å². The molecule has 1 aliphatic rings. The van der Waals surface area contributed by atoms with Crippen LogP contribution < -0.4 is 20.5 Å². The molecule has 15 nitrogen and oxygen atoms in total. The summed E-state index contributed by atoms with van der Waals surface area (Å²) in [7, 11) is 1.91. The summed E-state index contributed by atoms with van der Waals surface area (Å²) in [5, 5.41) is 24.0. The molecule has 0 saturated carbocycles. The van der Waals surface area contributed by atoms with Crippen molar-refractivity contribution in [1.82, 2.24) is 14.9 Å². The van der Waals surface area contributed by atoms with Crippen molar-refractivity contribution in [1.29, 1.82) is 5.26 Å². The van der Waals surface area contributed by atoms with E-state index in [1.54, 1.807) is 25.1 Å². The fourth-order valence-corrected chi connectivity index (χ4v) is 3.82. The molecule has 0 saturated heterocycles. The Morgan fingerprint density at radius 1 is 1.22 bits per heavy atom. The number of amides is 1. The van der Waals surface area contributed by atoms with Gasteiger partial charge in [-0.2, -0.15) is 15.2 Å². The van der Waals surface area contributed by atoms with Crippen molar-refractivity contribution in [2.45, 2.75) is 6.92 Å². The Morgan fingerprint density at radius 3 is 2.68 bits per heavy atom. The van der Waals surface area contributed by atoms with Crippen LogP contribution in [0, 0.1) is 21.4 Å². The number of nitrogens with zero attached hydrogens (tertiary/aromatic N) is 6. The fraction of sp³-hybridized carbons (Fsp3) is 0.231. The molecule has 1 aliphatic heterocycles. The molecular weight excluding hydrogens is 536 g/mol. The molecule has 0 radical (unpaired) electrons. The number of benzene rings is 2. The third kappa shape index (κ3) is 6.63. The summed E-state index contributed by atoms with van der Waals surface area (Å²) in [6.07, 6.45) is 0. The fourth-order valence-electron chi connectivity index (χ4n) is 3.82. The Hall–Kier alpha value is -5.78. The number of likely N-dealkylation sites (N-methyl/N-ethyl adjacent to an activating group) is 1. The van der Waals surface area contributed by atoms with Gasteiger partial charge in [0.15, 0.2) is 0 Å². The molecule has 2 aromatic carbocycles. The summed E-state index contributed by atoms with van der Waals surface area (Å²) in [6.45, 7) is 2.65. The van der Waals surface area contributed by atoms with Gasteiger partial charge in [-0.25, -0.2) is 0 Å². The highest BCUT2D eigenvalue weighted by Crippen LogP contribution is 2.38. The molecule has 15 heteroatoms. The number of nitro groups is 1.